The number of hydrogen-bond donors (Lipinski definition) is 1. The first kappa shape index (κ1) is 22.0. The van der Waals surface area contributed by atoms with Gasteiger partial charge in [-0.2, -0.15) is 23.5 Å². The van der Waals surface area contributed by atoms with Crippen LogP contribution in [0.15, 0.2) is 71.9 Å². The molecule has 4 rings (SSSR count). The van der Waals surface area contributed by atoms with Gasteiger partial charge in [0.05, 0.1) is 11.6 Å². The van der Waals surface area contributed by atoms with E-state index < -0.39 is 35.6 Å². The molecule has 2 aliphatic rings. The first-order valence-corrected chi connectivity index (χ1v) is 9.49. The summed E-state index contributed by atoms with van der Waals surface area (Å²) < 4.78 is 68.2. The van der Waals surface area contributed by atoms with Gasteiger partial charge in [-0.15, -0.1) is 0 Å². The van der Waals surface area contributed by atoms with Crippen molar-refractivity contribution < 1.29 is 26.7 Å². The monoisotopic (exact) mass is 456 g/mol. The van der Waals surface area contributed by atoms with E-state index in [2.05, 4.69) is 10.4 Å². The number of hydrazone groups is 1. The fourth-order valence-corrected chi connectivity index (χ4v) is 3.30. The molecule has 0 saturated heterocycles. The summed E-state index contributed by atoms with van der Waals surface area (Å²) in [5.74, 6) is -2.67. The normalized spacial score (nSPS) is 22.3. The van der Waals surface area contributed by atoms with Gasteiger partial charge in [-0.1, -0.05) is 18.2 Å². The predicted molar refractivity (Wildman–Crippen MR) is 110 cm³/mol. The highest BCUT2D eigenvalue weighted by Crippen LogP contribution is 2.29. The van der Waals surface area contributed by atoms with Crippen molar-refractivity contribution in [1.29, 1.82) is 5.26 Å². The van der Waals surface area contributed by atoms with Crippen molar-refractivity contribution in [2.75, 3.05) is 0 Å². The maximum absolute atomic E-state index is 14.4. The molecule has 2 heterocycles. The number of halogens is 5. The average Bonchev–Trinajstić information content (AvgIpc) is 2.74. The second-order valence-electron chi connectivity index (χ2n) is 7.08. The van der Waals surface area contributed by atoms with E-state index in [0.717, 1.165) is 24.3 Å². The van der Waals surface area contributed by atoms with E-state index in [9.17, 15) is 26.7 Å². The van der Waals surface area contributed by atoms with Crippen LogP contribution in [-0.2, 0) is 4.79 Å². The van der Waals surface area contributed by atoms with Gasteiger partial charge >= 0.3 is 6.18 Å². The van der Waals surface area contributed by atoms with Gasteiger partial charge in [0.25, 0.3) is 5.91 Å². The van der Waals surface area contributed by atoms with Crippen LogP contribution in [0.4, 0.5) is 22.0 Å². The van der Waals surface area contributed by atoms with Gasteiger partial charge in [0.15, 0.2) is 5.71 Å². The molecule has 1 N–H and O–H groups in total. The number of allylic oxidation sites excluding steroid dienone is 3. The Labute approximate surface area is 184 Å². The highest BCUT2D eigenvalue weighted by molar-refractivity contribution is 6.04. The molecule has 1 unspecified atom stereocenters. The van der Waals surface area contributed by atoms with Crippen molar-refractivity contribution in [3.05, 3.63) is 95.1 Å². The molecule has 0 fully saturated rings. The van der Waals surface area contributed by atoms with Crippen LogP contribution < -0.4 is 5.32 Å². The number of carbonyl (C=O) groups is 1. The van der Waals surface area contributed by atoms with Gasteiger partial charge in [-0.05, 0) is 47.6 Å². The second kappa shape index (κ2) is 8.35. The molecule has 5 nitrogen and oxygen atoms in total. The largest absolute Gasteiger partial charge is 0.435 e. The number of nitrogens with one attached hydrogen (secondary N) is 1. The highest BCUT2D eigenvalue weighted by atomic mass is 19.4. The fraction of sp³-hybridized carbons (Fsp3) is 0.0870. The third kappa shape index (κ3) is 4.52. The van der Waals surface area contributed by atoms with Crippen LogP contribution in [0.1, 0.15) is 16.7 Å². The molecule has 2 aliphatic heterocycles. The molecule has 0 radical (unpaired) electrons. The molecule has 0 aromatic heterocycles. The SMILES string of the molecule is N#Cc1ccc(C2=CC(=O)N3\N=C(C(F)(F)F)/C=C\C(c4ccc(F)cc4F)=C/C3N2)cc1. The second-order valence-corrected chi connectivity index (χ2v) is 7.08. The predicted octanol–water partition coefficient (Wildman–Crippen LogP) is 4.51. The Hall–Kier alpha value is -4.26. The third-order valence-electron chi connectivity index (χ3n) is 4.89. The Kier molecular flexibility index (Phi) is 5.55. The van der Waals surface area contributed by atoms with Crippen LogP contribution in [0, 0.1) is 23.0 Å². The van der Waals surface area contributed by atoms with Crippen LogP contribution in [0.5, 0.6) is 0 Å². The lowest BCUT2D eigenvalue weighted by Gasteiger charge is -2.33. The van der Waals surface area contributed by atoms with Gasteiger partial charge in [-0.25, -0.2) is 13.8 Å². The van der Waals surface area contributed by atoms with Gasteiger partial charge in [-0.3, -0.25) is 4.79 Å². The number of hydrogen-bond acceptors (Lipinski definition) is 4. The molecule has 33 heavy (non-hydrogen) atoms. The summed E-state index contributed by atoms with van der Waals surface area (Å²) in [7, 11) is 0. The van der Waals surface area contributed by atoms with E-state index in [1.54, 1.807) is 12.1 Å². The Balaban J connectivity index is 1.83. The van der Waals surface area contributed by atoms with E-state index in [1.165, 1.54) is 18.2 Å². The molecule has 0 aliphatic carbocycles. The molecule has 0 spiro atoms. The lowest BCUT2D eigenvalue weighted by atomic mass is 10.0. The molecule has 2 aromatic rings. The zero-order valence-electron chi connectivity index (χ0n) is 16.6. The molecule has 1 atom stereocenters. The average molecular weight is 456 g/mol. The van der Waals surface area contributed by atoms with Gasteiger partial charge in [0.1, 0.15) is 17.8 Å². The zero-order chi connectivity index (χ0) is 23.8. The van der Waals surface area contributed by atoms with Crippen molar-refractivity contribution in [3.8, 4) is 6.07 Å². The molecule has 0 saturated carbocycles. The van der Waals surface area contributed by atoms with Crippen LogP contribution in [0.2, 0.25) is 0 Å². The minimum absolute atomic E-state index is 0.0134. The molecule has 0 bridgehead atoms. The number of fused-ring (bicyclic) bond motifs is 1. The highest BCUT2D eigenvalue weighted by Gasteiger charge is 2.38. The summed E-state index contributed by atoms with van der Waals surface area (Å²) in [6, 6.07) is 10.8. The first-order chi connectivity index (χ1) is 15.7. The van der Waals surface area contributed by atoms with Gasteiger partial charge in [0.2, 0.25) is 0 Å². The van der Waals surface area contributed by atoms with Crippen LogP contribution >= 0.6 is 0 Å². The summed E-state index contributed by atoms with van der Waals surface area (Å²) in [5, 5.41) is 15.9. The standard InChI is InChI=1S/C23H13F5N4O/c24-16-6-7-17(18(25)10-16)15-5-8-20(23(26,27)28)31-32-21(9-15)30-19(11-22(32)33)14-3-1-13(12-29)2-4-14/h1-11,21,30H/b8-5-,15-9+,31-20+. The minimum Gasteiger partial charge on any atom is -0.360 e. The van der Waals surface area contributed by atoms with Crippen molar-refractivity contribution in [1.82, 2.24) is 10.3 Å². The maximum Gasteiger partial charge on any atom is 0.435 e. The minimum atomic E-state index is -4.89. The summed E-state index contributed by atoms with van der Waals surface area (Å²) in [5.41, 5.74) is -0.379. The number of nitriles is 1. The molecule has 10 heteroatoms. The molecule has 166 valence electrons. The zero-order valence-corrected chi connectivity index (χ0v) is 16.6. The van der Waals surface area contributed by atoms with E-state index in [-0.39, 0.29) is 16.8 Å². The van der Waals surface area contributed by atoms with E-state index in [4.69, 9.17) is 5.26 Å². The number of rotatable bonds is 2. The maximum atomic E-state index is 14.4. The smallest absolute Gasteiger partial charge is 0.360 e. The molecule has 1 amide bonds. The number of nitrogens with zero attached hydrogens (tertiary/aromatic N) is 3. The van der Waals surface area contributed by atoms with Crippen molar-refractivity contribution in [2.45, 2.75) is 12.3 Å². The number of alkyl halides is 3. The van der Waals surface area contributed by atoms with E-state index in [1.807, 2.05) is 6.07 Å². The Morgan fingerprint density at radius 3 is 2.42 bits per heavy atom. The summed E-state index contributed by atoms with van der Waals surface area (Å²) in [4.78, 5) is 12.7. The lowest BCUT2D eigenvalue weighted by Crippen LogP contribution is -2.48. The van der Waals surface area contributed by atoms with E-state index >= 15 is 0 Å². The molecular formula is C23H13F5N4O. The Morgan fingerprint density at radius 1 is 1.06 bits per heavy atom. The van der Waals surface area contributed by atoms with E-state index in [0.29, 0.717) is 28.3 Å². The summed E-state index contributed by atoms with van der Waals surface area (Å²) in [6.07, 6.45) is -2.08. The quantitative estimate of drug-likeness (QED) is 0.677. The fourth-order valence-electron chi connectivity index (χ4n) is 3.30. The Bertz CT molecular complexity index is 1280. The third-order valence-corrected chi connectivity index (χ3v) is 4.89. The number of carbonyl (C=O) groups excluding carboxylic acids is 1. The van der Waals surface area contributed by atoms with Crippen molar-refractivity contribution in [3.63, 3.8) is 0 Å². The first-order valence-electron chi connectivity index (χ1n) is 9.49. The van der Waals surface area contributed by atoms with Gasteiger partial charge < -0.3 is 5.32 Å². The Morgan fingerprint density at radius 2 is 1.79 bits per heavy atom. The van der Waals surface area contributed by atoms with Crippen LogP contribution in [0.3, 0.4) is 0 Å². The van der Waals surface area contributed by atoms with Crippen molar-refractivity contribution >= 4 is 22.9 Å². The van der Waals surface area contributed by atoms with Crippen LogP contribution in [-0.4, -0.2) is 29.0 Å². The number of benzene rings is 2. The molecular weight excluding hydrogens is 443 g/mol. The molecule has 2 aromatic carbocycles. The summed E-state index contributed by atoms with van der Waals surface area (Å²) >= 11 is 0. The lowest BCUT2D eigenvalue weighted by molar-refractivity contribution is -0.128. The topological polar surface area (TPSA) is 68.5 Å². The van der Waals surface area contributed by atoms with Gasteiger partial charge in [0, 0.05) is 23.4 Å². The number of amides is 1. The van der Waals surface area contributed by atoms with Crippen molar-refractivity contribution in [2.24, 2.45) is 5.10 Å². The summed E-state index contributed by atoms with van der Waals surface area (Å²) in [6.45, 7) is 0. The van der Waals surface area contributed by atoms with Crippen LogP contribution in [0.25, 0.3) is 11.3 Å².